The summed E-state index contributed by atoms with van der Waals surface area (Å²) in [5.41, 5.74) is 0.492. The van der Waals surface area contributed by atoms with Crippen molar-refractivity contribution < 1.29 is 23.9 Å². The first kappa shape index (κ1) is 16.4. The van der Waals surface area contributed by atoms with Crippen LogP contribution in [0.5, 0.6) is 0 Å². The molecule has 1 fully saturated rings. The van der Waals surface area contributed by atoms with Crippen LogP contribution in [0, 0.1) is 17.2 Å². The second-order valence-electron chi connectivity index (χ2n) is 4.85. The molecule has 1 aliphatic rings. The van der Waals surface area contributed by atoms with Crippen LogP contribution in [0.1, 0.15) is 30.1 Å². The number of carbonyl (C=O) groups excluding carboxylic acids is 4. The van der Waals surface area contributed by atoms with Crippen molar-refractivity contribution >= 4 is 29.3 Å². The fourth-order valence-electron chi connectivity index (χ4n) is 2.25. The average Bonchev–Trinajstić information content (AvgIpc) is 2.87. The van der Waals surface area contributed by atoms with Gasteiger partial charge in [-0.3, -0.25) is 24.1 Å². The zero-order chi connectivity index (χ0) is 17.0. The molecule has 0 radical (unpaired) electrons. The van der Waals surface area contributed by atoms with Crippen LogP contribution in [0.3, 0.4) is 0 Å². The van der Waals surface area contributed by atoms with Crippen LogP contribution in [-0.4, -0.2) is 30.2 Å². The van der Waals surface area contributed by atoms with Gasteiger partial charge in [0.25, 0.3) is 0 Å². The monoisotopic (exact) mass is 314 g/mol. The maximum Gasteiger partial charge on any atom is 0.331 e. The lowest BCUT2D eigenvalue weighted by atomic mass is 9.98. The van der Waals surface area contributed by atoms with Crippen molar-refractivity contribution in [3.8, 4) is 6.07 Å². The molecule has 1 heterocycles. The highest BCUT2D eigenvalue weighted by Crippen LogP contribution is 2.23. The van der Waals surface area contributed by atoms with Crippen molar-refractivity contribution in [1.82, 2.24) is 0 Å². The van der Waals surface area contributed by atoms with Gasteiger partial charge < -0.3 is 4.74 Å². The second kappa shape index (κ2) is 6.83. The minimum Gasteiger partial charge on any atom is -0.465 e. The number of Topliss-reactive ketones (excluding diaryl/α,β-unsaturated/α-hetero) is 1. The molecule has 2 rings (SSSR count). The lowest BCUT2D eigenvalue weighted by Crippen LogP contribution is -2.28. The van der Waals surface area contributed by atoms with Gasteiger partial charge in [0.15, 0.2) is 5.78 Å². The number of hydrogen-bond donors (Lipinski definition) is 0. The second-order valence-corrected chi connectivity index (χ2v) is 4.85. The lowest BCUT2D eigenvalue weighted by molar-refractivity contribution is -0.144. The van der Waals surface area contributed by atoms with Gasteiger partial charge in [-0.2, -0.15) is 5.26 Å². The zero-order valence-corrected chi connectivity index (χ0v) is 12.4. The summed E-state index contributed by atoms with van der Waals surface area (Å²) in [4.78, 5) is 48.1. The number of imide groups is 1. The summed E-state index contributed by atoms with van der Waals surface area (Å²) in [5.74, 6) is -3.70. The van der Waals surface area contributed by atoms with E-state index in [-0.39, 0.29) is 36.8 Å². The molecule has 7 heteroatoms. The maximum absolute atomic E-state index is 12.2. The first-order valence-corrected chi connectivity index (χ1v) is 7.06. The largest absolute Gasteiger partial charge is 0.465 e. The van der Waals surface area contributed by atoms with E-state index in [2.05, 4.69) is 0 Å². The van der Waals surface area contributed by atoms with Crippen molar-refractivity contribution in [2.24, 2.45) is 5.92 Å². The predicted molar refractivity (Wildman–Crippen MR) is 78.2 cm³/mol. The molecule has 2 amide bonds. The molecule has 0 N–H and O–H groups in total. The number of hydrogen-bond acceptors (Lipinski definition) is 6. The standard InChI is InChI=1S/C16H14N2O5/c1-2-23-16(22)12(9-17)15(21)10-3-5-11(6-4-10)18-13(19)7-8-14(18)20/h3-6,12H,2,7-8H2,1H3/t12-/m0/s1. The van der Waals surface area contributed by atoms with Gasteiger partial charge in [-0.15, -0.1) is 0 Å². The summed E-state index contributed by atoms with van der Waals surface area (Å²) >= 11 is 0. The number of benzene rings is 1. The van der Waals surface area contributed by atoms with Crippen LogP contribution < -0.4 is 4.90 Å². The summed E-state index contributed by atoms with van der Waals surface area (Å²) in [6, 6.07) is 7.25. The fourth-order valence-corrected chi connectivity index (χ4v) is 2.25. The van der Waals surface area contributed by atoms with Gasteiger partial charge in [0.1, 0.15) is 0 Å². The molecule has 1 aromatic rings. The molecule has 23 heavy (non-hydrogen) atoms. The van der Waals surface area contributed by atoms with Crippen molar-refractivity contribution in [2.75, 3.05) is 11.5 Å². The summed E-state index contributed by atoms with van der Waals surface area (Å²) in [5, 5.41) is 8.98. The summed E-state index contributed by atoms with van der Waals surface area (Å²) in [6.45, 7) is 1.65. The van der Waals surface area contributed by atoms with Crippen molar-refractivity contribution in [1.29, 1.82) is 5.26 Å². The minimum atomic E-state index is -1.53. The number of anilines is 1. The van der Waals surface area contributed by atoms with Gasteiger partial charge in [0.05, 0.1) is 18.4 Å². The molecule has 0 saturated carbocycles. The van der Waals surface area contributed by atoms with Crippen molar-refractivity contribution in [3.63, 3.8) is 0 Å². The van der Waals surface area contributed by atoms with Crippen LogP contribution in [0.4, 0.5) is 5.69 Å². The Balaban J connectivity index is 2.20. The molecule has 0 bridgehead atoms. The maximum atomic E-state index is 12.2. The van der Waals surface area contributed by atoms with E-state index in [0.29, 0.717) is 5.69 Å². The quantitative estimate of drug-likeness (QED) is 0.350. The summed E-state index contributed by atoms with van der Waals surface area (Å²) < 4.78 is 4.69. The van der Waals surface area contributed by atoms with Crippen LogP contribution >= 0.6 is 0 Å². The number of carbonyl (C=O) groups is 4. The Labute approximate surface area is 132 Å². The number of ketones is 1. The third-order valence-corrected chi connectivity index (χ3v) is 3.38. The van der Waals surface area contributed by atoms with E-state index in [1.807, 2.05) is 0 Å². The molecular formula is C16H14N2O5. The number of rotatable bonds is 5. The Hall–Kier alpha value is -3.01. The Kier molecular flexibility index (Phi) is 4.86. The smallest absolute Gasteiger partial charge is 0.331 e. The summed E-state index contributed by atoms with van der Waals surface area (Å²) in [6.07, 6.45) is 0.331. The lowest BCUT2D eigenvalue weighted by Gasteiger charge is -2.14. The van der Waals surface area contributed by atoms with Crippen molar-refractivity contribution in [3.05, 3.63) is 29.8 Å². The van der Waals surface area contributed by atoms with Gasteiger partial charge >= 0.3 is 5.97 Å². The average molecular weight is 314 g/mol. The Bertz CT molecular complexity index is 686. The molecule has 1 aromatic carbocycles. The first-order chi connectivity index (χ1) is 11.0. The molecule has 1 aliphatic heterocycles. The first-order valence-electron chi connectivity index (χ1n) is 7.06. The van der Waals surface area contributed by atoms with Gasteiger partial charge in [0.2, 0.25) is 17.7 Å². The minimum absolute atomic E-state index is 0.0718. The number of amides is 2. The van der Waals surface area contributed by atoms with E-state index < -0.39 is 17.7 Å². The Morgan fingerprint density at radius 1 is 1.22 bits per heavy atom. The summed E-state index contributed by atoms with van der Waals surface area (Å²) in [7, 11) is 0. The molecule has 1 saturated heterocycles. The molecule has 0 spiro atoms. The van der Waals surface area contributed by atoms with E-state index in [1.165, 1.54) is 24.3 Å². The highest BCUT2D eigenvalue weighted by atomic mass is 16.5. The van der Waals surface area contributed by atoms with E-state index in [4.69, 9.17) is 10.00 Å². The topological polar surface area (TPSA) is 105 Å². The van der Waals surface area contributed by atoms with Crippen LogP contribution in [0.15, 0.2) is 24.3 Å². The van der Waals surface area contributed by atoms with Gasteiger partial charge in [-0.05, 0) is 31.2 Å². The molecule has 0 aromatic heterocycles. The SMILES string of the molecule is CCOC(=O)[C@@H](C#N)C(=O)c1ccc(N2C(=O)CCC2=O)cc1. The third-order valence-electron chi connectivity index (χ3n) is 3.38. The normalized spacial score (nSPS) is 15.2. The molecule has 118 valence electrons. The fraction of sp³-hybridized carbons (Fsp3) is 0.312. The van der Waals surface area contributed by atoms with Crippen LogP contribution in [-0.2, 0) is 19.1 Å². The molecular weight excluding hydrogens is 300 g/mol. The molecule has 0 unspecified atom stereocenters. The number of nitriles is 1. The molecule has 7 nitrogen and oxygen atoms in total. The number of esters is 1. The van der Waals surface area contributed by atoms with Crippen LogP contribution in [0.25, 0.3) is 0 Å². The van der Waals surface area contributed by atoms with E-state index in [9.17, 15) is 19.2 Å². The van der Waals surface area contributed by atoms with E-state index in [1.54, 1.807) is 13.0 Å². The van der Waals surface area contributed by atoms with Gasteiger partial charge in [0, 0.05) is 18.4 Å². The van der Waals surface area contributed by atoms with Gasteiger partial charge in [-0.25, -0.2) is 0 Å². The Morgan fingerprint density at radius 2 is 1.78 bits per heavy atom. The molecule has 0 aliphatic carbocycles. The van der Waals surface area contributed by atoms with Crippen LogP contribution in [0.2, 0.25) is 0 Å². The number of nitrogens with zero attached hydrogens (tertiary/aromatic N) is 2. The highest BCUT2D eigenvalue weighted by Gasteiger charge is 2.31. The van der Waals surface area contributed by atoms with E-state index in [0.717, 1.165) is 4.90 Å². The third kappa shape index (κ3) is 3.26. The number of ether oxygens (including phenoxy) is 1. The zero-order valence-electron chi connectivity index (χ0n) is 12.4. The molecule has 1 atom stereocenters. The Morgan fingerprint density at radius 3 is 2.26 bits per heavy atom. The predicted octanol–water partition coefficient (Wildman–Crippen LogP) is 1.23. The van der Waals surface area contributed by atoms with E-state index >= 15 is 0 Å². The van der Waals surface area contributed by atoms with Crippen molar-refractivity contribution in [2.45, 2.75) is 19.8 Å². The van der Waals surface area contributed by atoms with Gasteiger partial charge in [-0.1, -0.05) is 0 Å². The highest BCUT2D eigenvalue weighted by molar-refractivity contribution is 6.20.